The van der Waals surface area contributed by atoms with E-state index >= 15 is 0 Å². The number of nitrogens with one attached hydrogen (secondary N) is 1. The van der Waals surface area contributed by atoms with Crippen LogP contribution in [-0.2, 0) is 23.1 Å². The molecule has 2 atom stereocenters. The second kappa shape index (κ2) is 9.85. The number of amides is 1. The van der Waals surface area contributed by atoms with E-state index in [9.17, 15) is 4.79 Å². The number of hydrogen-bond acceptors (Lipinski definition) is 5. The first-order chi connectivity index (χ1) is 17.0. The van der Waals surface area contributed by atoms with Crippen LogP contribution in [-0.4, -0.2) is 49.7 Å². The minimum absolute atomic E-state index is 0.0598. The molecule has 0 saturated carbocycles. The summed E-state index contributed by atoms with van der Waals surface area (Å²) in [5.41, 5.74) is 5.54. The van der Waals surface area contributed by atoms with Gasteiger partial charge in [-0.3, -0.25) is 14.3 Å². The van der Waals surface area contributed by atoms with Gasteiger partial charge < -0.3 is 5.32 Å². The van der Waals surface area contributed by atoms with Gasteiger partial charge in [0.05, 0.1) is 35.7 Å². The Morgan fingerprint density at radius 2 is 1.83 bits per heavy atom. The topological polar surface area (TPSA) is 77.2 Å². The molecule has 3 heterocycles. The molecule has 2 aromatic carbocycles. The molecule has 1 aliphatic heterocycles. The number of aromatic nitrogens is 4. The van der Waals surface area contributed by atoms with Gasteiger partial charge in [-0.2, -0.15) is 15.3 Å². The fraction of sp³-hybridized carbons (Fsp3) is 0.296. The molecule has 1 N–H and O–H groups in total. The molecule has 35 heavy (non-hydrogen) atoms. The molecule has 180 valence electrons. The van der Waals surface area contributed by atoms with Crippen LogP contribution < -0.4 is 5.32 Å². The molecule has 0 unspecified atom stereocenters. The molecule has 1 fully saturated rings. The Hall–Kier alpha value is -3.75. The first-order valence-corrected chi connectivity index (χ1v) is 11.9. The number of hydroxylamine groups is 2. The van der Waals surface area contributed by atoms with Crippen LogP contribution in [0.4, 0.5) is 0 Å². The van der Waals surface area contributed by atoms with Crippen molar-refractivity contribution in [3.05, 3.63) is 89.9 Å². The van der Waals surface area contributed by atoms with E-state index in [0.717, 1.165) is 40.3 Å². The van der Waals surface area contributed by atoms with E-state index in [1.807, 2.05) is 97.5 Å². The Labute approximate surface area is 205 Å². The number of hydrogen-bond donors (Lipinski definition) is 1. The maximum Gasteiger partial charge on any atom is 0.226 e. The van der Waals surface area contributed by atoms with Gasteiger partial charge in [-0.25, -0.2) is 4.68 Å². The van der Waals surface area contributed by atoms with Crippen molar-refractivity contribution in [3.63, 3.8) is 0 Å². The van der Waals surface area contributed by atoms with Crippen LogP contribution in [0.2, 0.25) is 0 Å². The van der Waals surface area contributed by atoms with Crippen LogP contribution in [0.5, 0.6) is 0 Å². The molecule has 0 spiro atoms. The lowest BCUT2D eigenvalue weighted by Crippen LogP contribution is -2.40. The Balaban J connectivity index is 1.43. The van der Waals surface area contributed by atoms with Crippen LogP contribution in [0.25, 0.3) is 16.9 Å². The van der Waals surface area contributed by atoms with Crippen molar-refractivity contribution < 1.29 is 9.63 Å². The van der Waals surface area contributed by atoms with Crippen LogP contribution in [0, 0.1) is 6.92 Å². The number of aryl methyl sites for hydroxylation is 1. The minimum Gasteiger partial charge on any atom is -0.349 e. The number of nitrogens with zero attached hydrogens (tertiary/aromatic N) is 5. The van der Waals surface area contributed by atoms with Crippen LogP contribution in [0.15, 0.2) is 73.1 Å². The van der Waals surface area contributed by atoms with E-state index in [4.69, 9.17) is 9.94 Å². The molecular formula is C27H30N6O2. The van der Waals surface area contributed by atoms with Gasteiger partial charge in [0.15, 0.2) is 0 Å². The smallest absolute Gasteiger partial charge is 0.226 e. The van der Waals surface area contributed by atoms with Crippen molar-refractivity contribution in [2.45, 2.75) is 32.4 Å². The summed E-state index contributed by atoms with van der Waals surface area (Å²) < 4.78 is 3.63. The molecule has 0 aliphatic carbocycles. The van der Waals surface area contributed by atoms with Crippen molar-refractivity contribution in [3.8, 4) is 16.9 Å². The normalized spacial score (nSPS) is 18.1. The Kier molecular flexibility index (Phi) is 6.48. The Morgan fingerprint density at radius 3 is 2.49 bits per heavy atom. The summed E-state index contributed by atoms with van der Waals surface area (Å²) in [6.45, 7) is 5.46. The highest BCUT2D eigenvalue weighted by Crippen LogP contribution is 2.30. The van der Waals surface area contributed by atoms with Crippen molar-refractivity contribution in [2.24, 2.45) is 7.05 Å². The molecule has 0 bridgehead atoms. The van der Waals surface area contributed by atoms with Gasteiger partial charge in [-0.05, 0) is 30.2 Å². The van der Waals surface area contributed by atoms with Crippen molar-refractivity contribution in [1.29, 1.82) is 0 Å². The predicted molar refractivity (Wildman–Crippen MR) is 134 cm³/mol. The van der Waals surface area contributed by atoms with E-state index in [2.05, 4.69) is 10.4 Å². The lowest BCUT2D eigenvalue weighted by molar-refractivity contribution is -0.145. The SMILES string of the molecule is CCN1C[C@@H](NC(=O)Cc2c(C)c(-c3cnn(C)c3)nn2-c2ccccc2)[C@H](c2ccccc2)O1. The summed E-state index contributed by atoms with van der Waals surface area (Å²) in [6.07, 6.45) is 3.73. The van der Waals surface area contributed by atoms with Gasteiger partial charge in [0.1, 0.15) is 6.10 Å². The Morgan fingerprint density at radius 1 is 1.11 bits per heavy atom. The lowest BCUT2D eigenvalue weighted by atomic mass is 10.0. The van der Waals surface area contributed by atoms with E-state index in [1.165, 1.54) is 0 Å². The molecule has 8 nitrogen and oxygen atoms in total. The predicted octanol–water partition coefficient (Wildman–Crippen LogP) is 3.62. The van der Waals surface area contributed by atoms with Gasteiger partial charge >= 0.3 is 0 Å². The number of carbonyl (C=O) groups excluding carboxylic acids is 1. The minimum atomic E-state index is -0.216. The summed E-state index contributed by atoms with van der Waals surface area (Å²) >= 11 is 0. The third-order valence-electron chi connectivity index (χ3n) is 6.41. The quantitative estimate of drug-likeness (QED) is 0.447. The Bertz CT molecular complexity index is 1300. The van der Waals surface area contributed by atoms with E-state index < -0.39 is 0 Å². The van der Waals surface area contributed by atoms with E-state index in [0.29, 0.717) is 6.54 Å². The highest BCUT2D eigenvalue weighted by atomic mass is 16.7. The third-order valence-corrected chi connectivity index (χ3v) is 6.41. The fourth-order valence-corrected chi connectivity index (χ4v) is 4.60. The molecule has 4 aromatic rings. The van der Waals surface area contributed by atoms with Crippen LogP contribution in [0.1, 0.15) is 29.8 Å². The van der Waals surface area contributed by atoms with Gasteiger partial charge in [-0.15, -0.1) is 0 Å². The maximum absolute atomic E-state index is 13.4. The third kappa shape index (κ3) is 4.76. The second-order valence-corrected chi connectivity index (χ2v) is 8.84. The fourth-order valence-electron chi connectivity index (χ4n) is 4.60. The first-order valence-electron chi connectivity index (χ1n) is 11.9. The first kappa shape index (κ1) is 23.0. The van der Waals surface area contributed by atoms with Gasteiger partial charge in [0, 0.05) is 31.9 Å². The zero-order valence-corrected chi connectivity index (χ0v) is 20.3. The summed E-state index contributed by atoms with van der Waals surface area (Å²) in [5.74, 6) is -0.0598. The van der Waals surface area contributed by atoms with Gasteiger partial charge in [0.2, 0.25) is 5.91 Å². The van der Waals surface area contributed by atoms with Crippen LogP contribution in [0.3, 0.4) is 0 Å². The van der Waals surface area contributed by atoms with Crippen molar-refractivity contribution >= 4 is 5.91 Å². The van der Waals surface area contributed by atoms with Crippen LogP contribution >= 0.6 is 0 Å². The number of benzene rings is 2. The zero-order chi connectivity index (χ0) is 24.4. The summed E-state index contributed by atoms with van der Waals surface area (Å²) in [7, 11) is 1.88. The van der Waals surface area contributed by atoms with E-state index in [1.54, 1.807) is 10.9 Å². The summed E-state index contributed by atoms with van der Waals surface area (Å²) in [5, 5.41) is 14.3. The van der Waals surface area contributed by atoms with Crippen molar-refractivity contribution in [2.75, 3.05) is 13.1 Å². The molecule has 2 aromatic heterocycles. The average molecular weight is 471 g/mol. The molecule has 8 heteroatoms. The highest BCUT2D eigenvalue weighted by Gasteiger charge is 2.36. The molecule has 1 amide bonds. The summed E-state index contributed by atoms with van der Waals surface area (Å²) in [6, 6.07) is 19.8. The maximum atomic E-state index is 13.4. The molecule has 1 aliphatic rings. The standard InChI is InChI=1S/C27H30N6O2/c1-4-32-18-23(27(35-32)20-11-7-5-8-12-20)29-25(34)15-24-19(2)26(21-16-28-31(3)17-21)30-33(24)22-13-9-6-10-14-22/h5-14,16-17,23,27H,4,15,18H2,1-3H3,(H,29,34)/t23-,27+/m1/s1. The molecule has 1 saturated heterocycles. The van der Waals surface area contributed by atoms with Gasteiger partial charge in [0.25, 0.3) is 0 Å². The lowest BCUT2D eigenvalue weighted by Gasteiger charge is -2.19. The second-order valence-electron chi connectivity index (χ2n) is 8.84. The number of rotatable bonds is 7. The van der Waals surface area contributed by atoms with E-state index in [-0.39, 0.29) is 24.5 Å². The number of para-hydroxylation sites is 1. The average Bonchev–Trinajstić information content (AvgIpc) is 3.58. The van der Waals surface area contributed by atoms with Gasteiger partial charge in [-0.1, -0.05) is 55.5 Å². The number of carbonyl (C=O) groups is 1. The zero-order valence-electron chi connectivity index (χ0n) is 20.3. The summed E-state index contributed by atoms with van der Waals surface area (Å²) in [4.78, 5) is 19.5. The van der Waals surface area contributed by atoms with Crippen molar-refractivity contribution in [1.82, 2.24) is 29.9 Å². The largest absolute Gasteiger partial charge is 0.349 e. The molecule has 5 rings (SSSR count). The number of likely N-dealkylation sites (N-methyl/N-ethyl adjacent to an activating group) is 1. The monoisotopic (exact) mass is 470 g/mol. The molecular weight excluding hydrogens is 440 g/mol. The highest BCUT2D eigenvalue weighted by molar-refractivity contribution is 5.80. The molecule has 0 radical (unpaired) electrons.